The third-order valence-electron chi connectivity index (χ3n) is 2.10. The smallest absolute Gasteiger partial charge is 0.181 e. The summed E-state index contributed by atoms with van der Waals surface area (Å²) < 4.78 is 5.19. The summed E-state index contributed by atoms with van der Waals surface area (Å²) in [5, 5.41) is 9.01. The van der Waals surface area contributed by atoms with Crippen molar-refractivity contribution in [1.29, 1.82) is 0 Å². The molecule has 0 bridgehead atoms. The third-order valence-corrected chi connectivity index (χ3v) is 2.10. The highest BCUT2D eigenvalue weighted by atomic mass is 16.3. The van der Waals surface area contributed by atoms with Gasteiger partial charge < -0.3 is 14.9 Å². The first-order chi connectivity index (χ1) is 7.35. The lowest BCUT2D eigenvalue weighted by atomic mass is 10.1. The maximum absolute atomic E-state index is 9.01. The van der Waals surface area contributed by atoms with Crippen molar-refractivity contribution in [3.8, 4) is 11.3 Å². The number of nitrogens with two attached hydrogens (primary N) is 1. The van der Waals surface area contributed by atoms with E-state index in [1.54, 1.807) is 0 Å². The molecule has 0 unspecified atom stereocenters. The number of nitrogens with zero attached hydrogens (tertiary/aromatic N) is 1. The molecule has 0 aliphatic carbocycles. The van der Waals surface area contributed by atoms with Gasteiger partial charge in [0.15, 0.2) is 12.2 Å². The number of hydrogen-bond donors (Lipinski definition) is 3. The molecule has 1 aromatic carbocycles. The number of rotatable bonds is 3. The minimum atomic E-state index is -0.136. The second-order valence-electron chi connectivity index (χ2n) is 3.01. The van der Waals surface area contributed by atoms with Crippen molar-refractivity contribution in [2.45, 2.75) is 6.61 Å². The summed E-state index contributed by atoms with van der Waals surface area (Å²) in [5.41, 5.74) is 4.73. The fourth-order valence-electron chi connectivity index (χ4n) is 1.33. The predicted molar refractivity (Wildman–Crippen MR) is 55.7 cm³/mol. The Morgan fingerprint density at radius 3 is 2.67 bits per heavy atom. The van der Waals surface area contributed by atoms with Crippen LogP contribution in [0.15, 0.2) is 35.1 Å². The van der Waals surface area contributed by atoms with Gasteiger partial charge >= 0.3 is 0 Å². The minimum Gasteiger partial charge on any atom is -0.443 e. The Hall–Kier alpha value is -1.85. The van der Waals surface area contributed by atoms with Gasteiger partial charge in [-0.15, -0.1) is 0 Å². The normalized spacial score (nSPS) is 10.3. The molecule has 0 aliphatic heterocycles. The van der Waals surface area contributed by atoms with Crippen molar-refractivity contribution in [2.75, 3.05) is 5.43 Å². The van der Waals surface area contributed by atoms with E-state index in [2.05, 4.69) is 10.4 Å². The largest absolute Gasteiger partial charge is 0.443 e. The van der Waals surface area contributed by atoms with Crippen LogP contribution in [-0.2, 0) is 6.61 Å². The Bertz CT molecular complexity index is 436. The van der Waals surface area contributed by atoms with E-state index in [1.807, 2.05) is 24.3 Å². The second-order valence-corrected chi connectivity index (χ2v) is 3.01. The molecule has 78 valence electrons. The van der Waals surface area contributed by atoms with E-state index in [0.717, 1.165) is 11.3 Å². The summed E-state index contributed by atoms with van der Waals surface area (Å²) in [4.78, 5) is 3.90. The van der Waals surface area contributed by atoms with E-state index >= 15 is 0 Å². The van der Waals surface area contributed by atoms with Crippen LogP contribution >= 0.6 is 0 Å². The monoisotopic (exact) mass is 205 g/mol. The first kappa shape index (κ1) is 9.70. The zero-order valence-electron chi connectivity index (χ0n) is 7.97. The van der Waals surface area contributed by atoms with Gasteiger partial charge in [-0.25, -0.2) is 4.98 Å². The highest BCUT2D eigenvalue weighted by Gasteiger charge is 2.08. The fraction of sp³-hybridized carbons (Fsp3) is 0.100. The Morgan fingerprint density at radius 2 is 2.07 bits per heavy atom. The molecule has 5 heteroatoms. The van der Waals surface area contributed by atoms with Crippen LogP contribution in [0.3, 0.4) is 0 Å². The maximum atomic E-state index is 9.01. The Labute approximate surface area is 86.5 Å². The van der Waals surface area contributed by atoms with Crippen LogP contribution in [0.2, 0.25) is 0 Å². The number of benzene rings is 1. The quantitative estimate of drug-likeness (QED) is 0.516. The number of aliphatic hydroxyl groups excluding tert-OH is 1. The first-order valence-corrected chi connectivity index (χ1v) is 4.45. The average molecular weight is 205 g/mol. The topological polar surface area (TPSA) is 84.3 Å². The zero-order valence-corrected chi connectivity index (χ0v) is 7.97. The van der Waals surface area contributed by atoms with Gasteiger partial charge in [0, 0.05) is 11.3 Å². The Balaban J connectivity index is 2.37. The van der Waals surface area contributed by atoms with Crippen LogP contribution in [0.1, 0.15) is 5.69 Å². The van der Waals surface area contributed by atoms with Crippen LogP contribution in [0.4, 0.5) is 5.69 Å². The number of aromatic nitrogens is 1. The maximum Gasteiger partial charge on any atom is 0.181 e. The van der Waals surface area contributed by atoms with Gasteiger partial charge in [-0.05, 0) is 24.3 Å². The van der Waals surface area contributed by atoms with Crippen molar-refractivity contribution in [3.63, 3.8) is 0 Å². The highest BCUT2D eigenvalue weighted by Crippen LogP contribution is 2.24. The molecule has 0 saturated heterocycles. The van der Waals surface area contributed by atoms with E-state index in [9.17, 15) is 0 Å². The third kappa shape index (κ3) is 1.83. The minimum absolute atomic E-state index is 0.136. The first-order valence-electron chi connectivity index (χ1n) is 4.45. The average Bonchev–Trinajstić information content (AvgIpc) is 2.77. The zero-order chi connectivity index (χ0) is 10.7. The second kappa shape index (κ2) is 4.12. The van der Waals surface area contributed by atoms with Crippen LogP contribution in [0, 0.1) is 0 Å². The van der Waals surface area contributed by atoms with Crippen molar-refractivity contribution < 1.29 is 9.52 Å². The molecule has 1 heterocycles. The van der Waals surface area contributed by atoms with Crippen LogP contribution in [0.5, 0.6) is 0 Å². The summed E-state index contributed by atoms with van der Waals surface area (Å²) in [6, 6.07) is 7.32. The fourth-order valence-corrected chi connectivity index (χ4v) is 1.33. The Kier molecular flexibility index (Phi) is 2.66. The van der Waals surface area contributed by atoms with Crippen molar-refractivity contribution in [1.82, 2.24) is 4.98 Å². The van der Waals surface area contributed by atoms with Gasteiger partial charge in [-0.2, -0.15) is 0 Å². The molecule has 0 saturated carbocycles. The van der Waals surface area contributed by atoms with Crippen LogP contribution < -0.4 is 11.3 Å². The van der Waals surface area contributed by atoms with Crippen molar-refractivity contribution in [3.05, 3.63) is 36.4 Å². The number of hydrogen-bond acceptors (Lipinski definition) is 5. The number of anilines is 1. The van der Waals surface area contributed by atoms with E-state index in [-0.39, 0.29) is 6.61 Å². The molecule has 0 aliphatic rings. The summed E-state index contributed by atoms with van der Waals surface area (Å²) in [7, 11) is 0. The molecule has 15 heavy (non-hydrogen) atoms. The molecule has 0 amide bonds. The standard InChI is InChI=1S/C10H11N3O2/c11-13-8-3-1-7(2-4-8)10-9(5-14)12-6-15-10/h1-4,6,13-14H,5,11H2. The van der Waals surface area contributed by atoms with E-state index in [0.29, 0.717) is 11.5 Å². The molecule has 0 fully saturated rings. The molecule has 1 aromatic heterocycles. The van der Waals surface area contributed by atoms with E-state index < -0.39 is 0 Å². The van der Waals surface area contributed by atoms with Crippen LogP contribution in [-0.4, -0.2) is 10.1 Å². The molecule has 2 aromatic rings. The summed E-state index contributed by atoms with van der Waals surface area (Å²) in [6.45, 7) is -0.136. The van der Waals surface area contributed by atoms with Gasteiger partial charge in [0.1, 0.15) is 5.69 Å². The lowest BCUT2D eigenvalue weighted by Crippen LogP contribution is -2.05. The molecule has 0 radical (unpaired) electrons. The van der Waals surface area contributed by atoms with Crippen molar-refractivity contribution >= 4 is 5.69 Å². The Morgan fingerprint density at radius 1 is 1.33 bits per heavy atom. The van der Waals surface area contributed by atoms with Gasteiger partial charge in [0.25, 0.3) is 0 Å². The molecule has 5 nitrogen and oxygen atoms in total. The van der Waals surface area contributed by atoms with Gasteiger partial charge in [0.2, 0.25) is 0 Å². The van der Waals surface area contributed by atoms with Gasteiger partial charge in [-0.3, -0.25) is 5.84 Å². The predicted octanol–water partition coefficient (Wildman–Crippen LogP) is 1.12. The van der Waals surface area contributed by atoms with Gasteiger partial charge in [0.05, 0.1) is 6.61 Å². The van der Waals surface area contributed by atoms with Crippen molar-refractivity contribution in [2.24, 2.45) is 5.84 Å². The summed E-state index contributed by atoms with van der Waals surface area (Å²) >= 11 is 0. The molecule has 0 spiro atoms. The SMILES string of the molecule is NNc1ccc(-c2ocnc2CO)cc1. The molecule has 2 rings (SSSR count). The number of nitrogens with one attached hydrogen (secondary N) is 1. The summed E-state index contributed by atoms with van der Waals surface area (Å²) in [5.74, 6) is 5.83. The number of aliphatic hydroxyl groups is 1. The number of nitrogen functional groups attached to an aromatic ring is 1. The molecular formula is C10H11N3O2. The number of oxazole rings is 1. The molecular weight excluding hydrogens is 194 g/mol. The van der Waals surface area contributed by atoms with Gasteiger partial charge in [-0.1, -0.05) is 0 Å². The summed E-state index contributed by atoms with van der Waals surface area (Å²) in [6.07, 6.45) is 1.32. The molecule has 0 atom stereocenters. The van der Waals surface area contributed by atoms with Crippen LogP contribution in [0.25, 0.3) is 11.3 Å². The number of hydrazine groups is 1. The van der Waals surface area contributed by atoms with E-state index in [1.165, 1.54) is 6.39 Å². The van der Waals surface area contributed by atoms with E-state index in [4.69, 9.17) is 15.4 Å². The molecule has 4 N–H and O–H groups in total. The lowest BCUT2D eigenvalue weighted by molar-refractivity contribution is 0.277. The highest BCUT2D eigenvalue weighted by molar-refractivity contribution is 5.62. The lowest BCUT2D eigenvalue weighted by Gasteiger charge is -2.01.